The van der Waals surface area contributed by atoms with Gasteiger partial charge in [-0.15, -0.1) is 0 Å². The summed E-state index contributed by atoms with van der Waals surface area (Å²) in [5.41, 5.74) is 0.891. The number of hydrogen-bond donors (Lipinski definition) is 11. The number of aliphatic hydroxyl groups excluding tert-OH is 1. The van der Waals surface area contributed by atoms with E-state index < -0.39 is 52.5 Å². The summed E-state index contributed by atoms with van der Waals surface area (Å²) in [6.45, 7) is 9.67. The average molecular weight is 959 g/mol. The molecule has 374 valence electrons. The molecular formula is C49H66N8O12. The van der Waals surface area contributed by atoms with E-state index in [-0.39, 0.29) is 85.9 Å². The summed E-state index contributed by atoms with van der Waals surface area (Å²) >= 11 is 0. The molecule has 69 heavy (non-hydrogen) atoms. The zero-order valence-electron chi connectivity index (χ0n) is 39.8. The van der Waals surface area contributed by atoms with Crippen LogP contribution in [0.4, 0.5) is 0 Å². The van der Waals surface area contributed by atoms with E-state index >= 15 is 0 Å². The maximum Gasteiger partial charge on any atom is 0.323 e. The molecule has 0 saturated heterocycles. The first-order chi connectivity index (χ1) is 32.9. The molecule has 1 aliphatic rings. The van der Waals surface area contributed by atoms with Gasteiger partial charge in [0.2, 0.25) is 6.41 Å². The minimum Gasteiger partial charge on any atom is -0.512 e. The van der Waals surface area contributed by atoms with Crippen LogP contribution in [0, 0.1) is 12.8 Å². The molecule has 5 amide bonds. The molecule has 1 aromatic heterocycles. The maximum absolute atomic E-state index is 13.2. The van der Waals surface area contributed by atoms with Gasteiger partial charge in [0, 0.05) is 63.7 Å². The van der Waals surface area contributed by atoms with Crippen molar-refractivity contribution in [3.8, 4) is 17.2 Å². The molecule has 1 unspecified atom stereocenters. The summed E-state index contributed by atoms with van der Waals surface area (Å²) in [6, 6.07) is 11.1. The lowest BCUT2D eigenvalue weighted by atomic mass is 10.0. The summed E-state index contributed by atoms with van der Waals surface area (Å²) in [5.74, 6) is -5.32. The second-order valence-corrected chi connectivity index (χ2v) is 17.3. The molecule has 1 heterocycles. The van der Waals surface area contributed by atoms with Crippen molar-refractivity contribution in [2.75, 3.05) is 45.8 Å². The molecule has 0 bridgehead atoms. The summed E-state index contributed by atoms with van der Waals surface area (Å²) in [5, 5.41) is 58.2. The van der Waals surface area contributed by atoms with E-state index in [1.165, 1.54) is 38.1 Å². The van der Waals surface area contributed by atoms with Crippen molar-refractivity contribution in [1.82, 2.24) is 41.8 Å². The van der Waals surface area contributed by atoms with E-state index in [1.54, 1.807) is 11.8 Å². The first-order valence-electron chi connectivity index (χ1n) is 23.0. The Hall–Kier alpha value is -7.19. The zero-order chi connectivity index (χ0) is 50.6. The van der Waals surface area contributed by atoms with Crippen LogP contribution in [-0.4, -0.2) is 124 Å². The van der Waals surface area contributed by atoms with E-state index in [9.17, 15) is 54.0 Å². The minimum absolute atomic E-state index is 0.000204. The van der Waals surface area contributed by atoms with Gasteiger partial charge in [-0.3, -0.25) is 38.5 Å². The Balaban J connectivity index is 1.30. The number of carbonyl (C=O) groups is 6. The van der Waals surface area contributed by atoms with Gasteiger partial charge in [-0.1, -0.05) is 38.1 Å². The van der Waals surface area contributed by atoms with Crippen LogP contribution in [0.3, 0.4) is 0 Å². The SMILES string of the molecule is C/C(=C/C(C(=O)NCCN(CCNC(=O)c1ccc(C(=O)NCCc2ccc(CNC(CC(C)C)C(=O)OC3CCCC3)cc2)c(O)c1O)CCNC(=O)c1cc(C)[nH]c(=O)c1O)=C(\C)O)NC=O. The van der Waals surface area contributed by atoms with Gasteiger partial charge in [0.25, 0.3) is 29.2 Å². The number of phenolic OH excluding ortho intramolecular Hbond substituents is 2. The number of rotatable bonds is 26. The predicted molar refractivity (Wildman–Crippen MR) is 257 cm³/mol. The van der Waals surface area contributed by atoms with Crippen LogP contribution in [-0.2, 0) is 32.1 Å². The number of aromatic amines is 1. The second-order valence-electron chi connectivity index (χ2n) is 17.3. The largest absolute Gasteiger partial charge is 0.512 e. The normalized spacial score (nSPS) is 13.6. The van der Waals surface area contributed by atoms with Crippen LogP contribution >= 0.6 is 0 Å². The molecule has 0 spiro atoms. The maximum atomic E-state index is 13.2. The van der Waals surface area contributed by atoms with Crippen LogP contribution < -0.4 is 37.5 Å². The van der Waals surface area contributed by atoms with Crippen molar-refractivity contribution >= 4 is 36.0 Å². The van der Waals surface area contributed by atoms with E-state index in [0.717, 1.165) is 36.8 Å². The number of aromatic nitrogens is 1. The fourth-order valence-corrected chi connectivity index (χ4v) is 7.56. The van der Waals surface area contributed by atoms with Crippen molar-refractivity contribution in [3.05, 3.63) is 109 Å². The lowest BCUT2D eigenvalue weighted by Crippen LogP contribution is -2.43. The minimum atomic E-state index is -0.824. The van der Waals surface area contributed by atoms with Gasteiger partial charge in [-0.05, 0) is 101 Å². The molecule has 1 aliphatic carbocycles. The topological polar surface area (TPSA) is 301 Å². The highest BCUT2D eigenvalue weighted by Crippen LogP contribution is 2.32. The smallest absolute Gasteiger partial charge is 0.323 e. The Morgan fingerprint density at radius 3 is 1.87 bits per heavy atom. The number of H-pyrrole nitrogens is 1. The number of hydrogen-bond acceptors (Lipinski definition) is 14. The molecule has 1 atom stereocenters. The number of carbonyl (C=O) groups excluding carboxylic acids is 6. The molecule has 4 rings (SSSR count). The fraction of sp³-hybridized carbons (Fsp3) is 0.449. The van der Waals surface area contributed by atoms with Gasteiger partial charge in [0.1, 0.15) is 17.9 Å². The molecule has 1 fully saturated rings. The first-order valence-corrected chi connectivity index (χ1v) is 23.0. The Labute approximate surface area is 401 Å². The van der Waals surface area contributed by atoms with Gasteiger partial charge in [-0.2, -0.15) is 0 Å². The molecule has 1 saturated carbocycles. The highest BCUT2D eigenvalue weighted by atomic mass is 16.5. The third-order valence-corrected chi connectivity index (χ3v) is 11.3. The standard InChI is InChI=1S/C49H66N8O12/c1-29(2)24-40(49(68)69-35-8-6-7-9-35)54-27-34-12-10-33(11-13-34)16-17-50-44(63)36-14-15-37(42(61)41(36)60)45(64)51-18-21-57(22-19-52-46(65)38(32(5)59)25-30(3)55-28-58)23-20-53-47(66)39-26-31(4)56-48(67)43(39)62/h10-15,25-26,28-29,35,40,54,59-62H,6-9,16-24,27H2,1-5H3,(H,50,63)(H,51,64)(H,52,65)(H,53,66)(H,55,58)(H,56,67)/b30-25-,38-32-. The Kier molecular flexibility index (Phi) is 21.3. The Bertz CT molecular complexity index is 2400. The van der Waals surface area contributed by atoms with Gasteiger partial charge >= 0.3 is 5.97 Å². The van der Waals surface area contributed by atoms with Gasteiger partial charge in [-0.25, -0.2) is 0 Å². The van der Waals surface area contributed by atoms with Gasteiger partial charge in [0.05, 0.1) is 22.3 Å². The summed E-state index contributed by atoms with van der Waals surface area (Å²) in [4.78, 5) is 91.9. The van der Waals surface area contributed by atoms with E-state index in [4.69, 9.17) is 4.74 Å². The Morgan fingerprint density at radius 1 is 0.783 bits per heavy atom. The van der Waals surface area contributed by atoms with Crippen molar-refractivity contribution in [3.63, 3.8) is 0 Å². The van der Waals surface area contributed by atoms with Crippen LogP contribution in [0.5, 0.6) is 17.2 Å². The van der Waals surface area contributed by atoms with Crippen molar-refractivity contribution in [2.45, 2.75) is 91.8 Å². The molecule has 11 N–H and O–H groups in total. The Morgan fingerprint density at radius 2 is 1.32 bits per heavy atom. The molecule has 0 aliphatic heterocycles. The highest BCUT2D eigenvalue weighted by Gasteiger charge is 2.26. The number of amides is 5. The molecule has 2 aromatic carbocycles. The number of nitrogens with one attached hydrogen (secondary N) is 7. The number of allylic oxidation sites excluding steroid dienone is 2. The zero-order valence-corrected chi connectivity index (χ0v) is 39.8. The predicted octanol–water partition coefficient (Wildman–Crippen LogP) is 2.82. The fourth-order valence-electron chi connectivity index (χ4n) is 7.56. The summed E-state index contributed by atoms with van der Waals surface area (Å²) in [7, 11) is 0. The van der Waals surface area contributed by atoms with Crippen LogP contribution in [0.2, 0.25) is 0 Å². The number of aryl methyl sites for hydroxylation is 1. The molecule has 3 aromatic rings. The van der Waals surface area contributed by atoms with E-state index in [0.29, 0.717) is 43.1 Å². The first kappa shape index (κ1) is 54.4. The average Bonchev–Trinajstić information content (AvgIpc) is 3.82. The van der Waals surface area contributed by atoms with Gasteiger partial charge < -0.3 is 62.0 Å². The third-order valence-electron chi connectivity index (χ3n) is 11.3. The monoisotopic (exact) mass is 958 g/mol. The number of aliphatic hydroxyl groups is 1. The summed E-state index contributed by atoms with van der Waals surface area (Å²) in [6.07, 6.45) is 6.83. The number of aromatic hydroxyl groups is 3. The van der Waals surface area contributed by atoms with E-state index in [1.807, 2.05) is 24.3 Å². The third kappa shape index (κ3) is 17.1. The molecule has 20 nitrogen and oxygen atoms in total. The molecule has 20 heteroatoms. The van der Waals surface area contributed by atoms with Crippen molar-refractivity contribution in [2.24, 2.45) is 5.92 Å². The number of ether oxygens (including phenoxy) is 1. The highest BCUT2D eigenvalue weighted by molar-refractivity contribution is 6.03. The quantitative estimate of drug-likeness (QED) is 0.0138. The lowest BCUT2D eigenvalue weighted by Gasteiger charge is -2.23. The second kappa shape index (κ2) is 27.0. The number of esters is 1. The molecular weight excluding hydrogens is 893 g/mol. The van der Waals surface area contributed by atoms with Crippen LogP contribution in [0.15, 0.2) is 70.4 Å². The van der Waals surface area contributed by atoms with Crippen LogP contribution in [0.1, 0.15) is 108 Å². The number of benzene rings is 2. The molecule has 0 radical (unpaired) electrons. The number of phenols is 2. The summed E-state index contributed by atoms with van der Waals surface area (Å²) < 4.78 is 5.77. The van der Waals surface area contributed by atoms with Gasteiger partial charge in [0.15, 0.2) is 17.2 Å². The number of pyridine rings is 1. The van der Waals surface area contributed by atoms with Crippen molar-refractivity contribution < 1.29 is 53.9 Å². The number of nitrogens with zero attached hydrogens (tertiary/aromatic N) is 1. The van der Waals surface area contributed by atoms with Crippen LogP contribution in [0.25, 0.3) is 0 Å². The lowest BCUT2D eigenvalue weighted by molar-refractivity contribution is -0.151. The van der Waals surface area contributed by atoms with E-state index in [2.05, 4.69) is 50.7 Å². The van der Waals surface area contributed by atoms with Crippen molar-refractivity contribution in [1.29, 1.82) is 0 Å².